The average Bonchev–Trinajstić information content (AvgIpc) is 3.49. The van der Waals surface area contributed by atoms with Crippen molar-refractivity contribution in [2.45, 2.75) is 50.1 Å². The number of rotatable bonds is 7. The summed E-state index contributed by atoms with van der Waals surface area (Å²) in [5.41, 5.74) is 6.34. The predicted octanol–water partition coefficient (Wildman–Crippen LogP) is 4.55. The molecule has 210 valence electrons. The zero-order valence-corrected chi connectivity index (χ0v) is 23.6. The molecule has 2 aromatic carbocycles. The molecule has 1 aromatic heterocycles. The lowest BCUT2D eigenvalue weighted by Gasteiger charge is -2.41. The van der Waals surface area contributed by atoms with E-state index in [4.69, 9.17) is 14.7 Å². The van der Waals surface area contributed by atoms with Crippen LogP contribution < -0.4 is 9.64 Å². The number of carbonyl (C=O) groups excluding carboxylic acids is 1. The number of nitriles is 1. The summed E-state index contributed by atoms with van der Waals surface area (Å²) in [6.07, 6.45) is 6.37. The Labute approximate surface area is 241 Å². The highest BCUT2D eigenvalue weighted by Crippen LogP contribution is 2.57. The van der Waals surface area contributed by atoms with Crippen molar-refractivity contribution in [2.75, 3.05) is 44.7 Å². The van der Waals surface area contributed by atoms with Crippen LogP contribution in [0.2, 0.25) is 0 Å². The summed E-state index contributed by atoms with van der Waals surface area (Å²) in [5.74, 6) is 2.23. The molecule has 8 nitrogen and oxygen atoms in total. The van der Waals surface area contributed by atoms with E-state index in [-0.39, 0.29) is 18.4 Å². The third-order valence-corrected chi connectivity index (χ3v) is 9.61. The van der Waals surface area contributed by atoms with Crippen molar-refractivity contribution in [2.24, 2.45) is 5.92 Å². The second kappa shape index (κ2) is 10.5. The van der Waals surface area contributed by atoms with Crippen molar-refractivity contribution in [3.8, 4) is 23.2 Å². The van der Waals surface area contributed by atoms with Crippen LogP contribution in [0.5, 0.6) is 6.01 Å². The molecule has 1 amide bonds. The van der Waals surface area contributed by atoms with Gasteiger partial charge in [0.1, 0.15) is 12.4 Å². The standard InChI is InChI=1S/C33H36N6O2/c1-3-31(40)39-15-14-38(19-23(39)11-12-34)32-27-10-9-21(25-7-4-8-26-28-16-22(28)17-29(25)26)18-30(27)35-33(36-32)41-20-24-6-5-13-37(24)2/h3-4,7-10,18,22-24,28H,1,5-6,11,13-17,19-20H2,2H3/t22-,23+,24+,28-/m1/s1. The Kier molecular flexibility index (Phi) is 6.63. The van der Waals surface area contributed by atoms with E-state index in [9.17, 15) is 10.1 Å². The molecule has 4 atom stereocenters. The number of benzene rings is 2. The monoisotopic (exact) mass is 548 g/mol. The van der Waals surface area contributed by atoms with Gasteiger partial charge in [-0.05, 0) is 91.6 Å². The minimum Gasteiger partial charge on any atom is -0.462 e. The van der Waals surface area contributed by atoms with Gasteiger partial charge in [0.05, 0.1) is 24.0 Å². The molecule has 2 saturated heterocycles. The number of fused-ring (bicyclic) bond motifs is 4. The number of nitrogens with zero attached hydrogens (tertiary/aromatic N) is 6. The van der Waals surface area contributed by atoms with Gasteiger partial charge >= 0.3 is 6.01 Å². The summed E-state index contributed by atoms with van der Waals surface area (Å²) in [5, 5.41) is 10.5. The minimum atomic E-state index is -0.238. The van der Waals surface area contributed by atoms with Gasteiger partial charge in [-0.2, -0.15) is 15.2 Å². The van der Waals surface area contributed by atoms with Crippen molar-refractivity contribution in [3.63, 3.8) is 0 Å². The maximum atomic E-state index is 12.5. The number of anilines is 1. The van der Waals surface area contributed by atoms with Crippen LogP contribution in [-0.2, 0) is 11.2 Å². The van der Waals surface area contributed by atoms with Crippen molar-refractivity contribution in [1.82, 2.24) is 19.8 Å². The van der Waals surface area contributed by atoms with Crippen molar-refractivity contribution < 1.29 is 9.53 Å². The lowest BCUT2D eigenvalue weighted by molar-refractivity contribution is -0.128. The number of piperazine rings is 1. The number of hydrogen-bond donors (Lipinski definition) is 0. The second-order valence-corrected chi connectivity index (χ2v) is 12.0. The van der Waals surface area contributed by atoms with Crippen LogP contribution in [0.1, 0.15) is 42.7 Å². The first-order valence-corrected chi connectivity index (χ1v) is 14.9. The summed E-state index contributed by atoms with van der Waals surface area (Å²) < 4.78 is 6.27. The first-order chi connectivity index (χ1) is 20.0. The van der Waals surface area contributed by atoms with Crippen LogP contribution in [0.4, 0.5) is 5.82 Å². The largest absolute Gasteiger partial charge is 0.462 e. The Bertz CT molecular complexity index is 1560. The highest BCUT2D eigenvalue weighted by atomic mass is 16.5. The maximum absolute atomic E-state index is 12.5. The smallest absolute Gasteiger partial charge is 0.319 e. The molecule has 0 N–H and O–H groups in total. The molecule has 4 aliphatic rings. The number of aromatic nitrogens is 2. The van der Waals surface area contributed by atoms with Gasteiger partial charge in [0.15, 0.2) is 0 Å². The van der Waals surface area contributed by atoms with Crippen LogP contribution >= 0.6 is 0 Å². The van der Waals surface area contributed by atoms with E-state index in [1.807, 2.05) is 0 Å². The number of carbonyl (C=O) groups is 1. The zero-order chi connectivity index (χ0) is 28.1. The Morgan fingerprint density at radius 1 is 1.20 bits per heavy atom. The molecule has 2 aliphatic heterocycles. The first kappa shape index (κ1) is 26.0. The fourth-order valence-electron chi connectivity index (χ4n) is 7.23. The van der Waals surface area contributed by atoms with Crippen molar-refractivity contribution >= 4 is 22.6 Å². The van der Waals surface area contributed by atoms with Crippen molar-refractivity contribution in [1.29, 1.82) is 5.26 Å². The molecule has 0 spiro atoms. The van der Waals surface area contributed by atoms with Gasteiger partial charge in [-0.25, -0.2) is 0 Å². The van der Waals surface area contributed by atoms with E-state index < -0.39 is 0 Å². The van der Waals surface area contributed by atoms with E-state index in [1.165, 1.54) is 47.6 Å². The molecule has 0 radical (unpaired) electrons. The Morgan fingerprint density at radius 3 is 2.90 bits per heavy atom. The molecule has 2 aliphatic carbocycles. The van der Waals surface area contributed by atoms with E-state index in [0.29, 0.717) is 38.3 Å². The molecule has 1 saturated carbocycles. The highest BCUT2D eigenvalue weighted by molar-refractivity contribution is 5.94. The number of amides is 1. The fraction of sp³-hybridized carbons (Fsp3) is 0.455. The third-order valence-electron chi connectivity index (χ3n) is 9.61. The first-order valence-electron chi connectivity index (χ1n) is 14.9. The van der Waals surface area contributed by atoms with Gasteiger partial charge < -0.3 is 19.4 Å². The number of hydrogen-bond acceptors (Lipinski definition) is 7. The molecule has 0 unspecified atom stereocenters. The number of likely N-dealkylation sites (N-methyl/N-ethyl adjacent to an activating group) is 1. The summed E-state index contributed by atoms with van der Waals surface area (Å²) in [6, 6.07) is 16.0. The molecule has 3 heterocycles. The Morgan fingerprint density at radius 2 is 2.10 bits per heavy atom. The molecular formula is C33H36N6O2. The maximum Gasteiger partial charge on any atom is 0.319 e. The summed E-state index contributed by atoms with van der Waals surface area (Å²) in [4.78, 5) is 28.6. The normalized spacial score (nSPS) is 25.1. The molecule has 0 bridgehead atoms. The van der Waals surface area contributed by atoms with Crippen LogP contribution in [0.25, 0.3) is 22.0 Å². The van der Waals surface area contributed by atoms with Gasteiger partial charge in [0.25, 0.3) is 0 Å². The molecule has 8 heteroatoms. The number of likely N-dealkylation sites (tertiary alicyclic amines) is 1. The van der Waals surface area contributed by atoms with Gasteiger partial charge in [0, 0.05) is 31.1 Å². The molecule has 41 heavy (non-hydrogen) atoms. The number of ether oxygens (including phenoxy) is 1. The van der Waals surface area contributed by atoms with E-state index >= 15 is 0 Å². The quantitative estimate of drug-likeness (QED) is 0.401. The molecule has 3 fully saturated rings. The second-order valence-electron chi connectivity index (χ2n) is 12.0. The lowest BCUT2D eigenvalue weighted by atomic mass is 9.94. The summed E-state index contributed by atoms with van der Waals surface area (Å²) in [6.45, 7) is 6.91. The van der Waals surface area contributed by atoms with E-state index in [2.05, 4.69) is 65.9 Å². The van der Waals surface area contributed by atoms with E-state index in [1.54, 1.807) is 4.90 Å². The Balaban J connectivity index is 1.26. The topological polar surface area (TPSA) is 85.6 Å². The van der Waals surface area contributed by atoms with Crippen LogP contribution in [0.15, 0.2) is 49.1 Å². The van der Waals surface area contributed by atoms with Gasteiger partial charge in [-0.1, -0.05) is 30.8 Å². The lowest BCUT2D eigenvalue weighted by Crippen LogP contribution is -2.55. The Hall–Kier alpha value is -3.96. The third kappa shape index (κ3) is 4.72. The summed E-state index contributed by atoms with van der Waals surface area (Å²) >= 11 is 0. The minimum absolute atomic E-state index is 0.139. The highest BCUT2D eigenvalue weighted by Gasteiger charge is 2.45. The zero-order valence-electron chi connectivity index (χ0n) is 23.6. The predicted molar refractivity (Wildman–Crippen MR) is 159 cm³/mol. The van der Waals surface area contributed by atoms with Crippen LogP contribution in [0.3, 0.4) is 0 Å². The van der Waals surface area contributed by atoms with E-state index in [0.717, 1.165) is 41.5 Å². The SMILES string of the molecule is C=CC(=O)N1CCN(c2nc(OC[C@@H]3CCCN3C)nc3cc(-c4cccc5c4C[C@H]4C[C@@H]54)ccc23)C[C@@H]1CC#N. The average molecular weight is 549 g/mol. The van der Waals surface area contributed by atoms with Crippen LogP contribution in [0, 0.1) is 17.2 Å². The van der Waals surface area contributed by atoms with Crippen LogP contribution in [-0.4, -0.2) is 77.6 Å². The van der Waals surface area contributed by atoms with Gasteiger partial charge in [-0.3, -0.25) is 4.79 Å². The fourth-order valence-corrected chi connectivity index (χ4v) is 7.23. The summed E-state index contributed by atoms with van der Waals surface area (Å²) in [7, 11) is 2.14. The van der Waals surface area contributed by atoms with Gasteiger partial charge in [0.2, 0.25) is 5.91 Å². The van der Waals surface area contributed by atoms with Gasteiger partial charge in [-0.15, -0.1) is 0 Å². The molecule has 3 aromatic rings. The molecular weight excluding hydrogens is 512 g/mol. The molecule has 7 rings (SSSR count). The van der Waals surface area contributed by atoms with Crippen molar-refractivity contribution in [3.05, 3.63) is 60.2 Å².